The predicted octanol–water partition coefficient (Wildman–Crippen LogP) is 2.71. The highest BCUT2D eigenvalue weighted by Crippen LogP contribution is 2.16. The first kappa shape index (κ1) is 17.0. The largest absolute Gasteiger partial charge is 0.374 e. The maximum atomic E-state index is 14.0. The van der Waals surface area contributed by atoms with Gasteiger partial charge in [0.25, 0.3) is 11.6 Å². The number of nitrogens with zero attached hydrogens (tertiary/aromatic N) is 1. The van der Waals surface area contributed by atoms with Gasteiger partial charge < -0.3 is 10.6 Å². The van der Waals surface area contributed by atoms with Crippen LogP contribution in [0.4, 0.5) is 15.8 Å². The molecular formula is C17H14FN3O3. The Kier molecular flexibility index (Phi) is 5.47. The summed E-state index contributed by atoms with van der Waals surface area (Å²) in [6.07, 6.45) is 5.10. The van der Waals surface area contributed by atoms with E-state index in [0.29, 0.717) is 11.3 Å². The van der Waals surface area contributed by atoms with Crippen LogP contribution in [0.5, 0.6) is 0 Å². The Bertz CT molecular complexity index is 815. The van der Waals surface area contributed by atoms with Crippen molar-refractivity contribution in [2.75, 3.05) is 11.9 Å². The number of non-ortho nitro benzene ring substituents is 1. The van der Waals surface area contributed by atoms with Gasteiger partial charge in [0.05, 0.1) is 17.0 Å². The van der Waals surface area contributed by atoms with E-state index in [1.165, 1.54) is 30.3 Å². The Morgan fingerprint density at radius 1 is 1.29 bits per heavy atom. The second kappa shape index (κ2) is 7.74. The van der Waals surface area contributed by atoms with Crippen LogP contribution in [-0.2, 0) is 6.54 Å². The molecule has 0 radical (unpaired) electrons. The molecule has 2 aromatic rings. The molecule has 6 nitrogen and oxygen atoms in total. The highest BCUT2D eigenvalue weighted by atomic mass is 19.1. The fourth-order valence-electron chi connectivity index (χ4n) is 2.02. The Morgan fingerprint density at radius 2 is 2.08 bits per heavy atom. The number of amides is 1. The van der Waals surface area contributed by atoms with Crippen LogP contribution in [0.1, 0.15) is 15.9 Å². The number of halogens is 1. The first-order chi connectivity index (χ1) is 11.5. The molecule has 0 saturated carbocycles. The lowest BCUT2D eigenvalue weighted by Crippen LogP contribution is -2.24. The molecule has 0 aliphatic carbocycles. The predicted molar refractivity (Wildman–Crippen MR) is 88.0 cm³/mol. The first-order valence-corrected chi connectivity index (χ1v) is 6.99. The van der Waals surface area contributed by atoms with Crippen molar-refractivity contribution in [1.82, 2.24) is 5.32 Å². The number of nitro groups is 1. The van der Waals surface area contributed by atoms with Crippen LogP contribution >= 0.6 is 0 Å². The number of carbonyl (C=O) groups excluding carboxylic acids is 1. The fourth-order valence-corrected chi connectivity index (χ4v) is 2.02. The molecule has 0 aliphatic heterocycles. The summed E-state index contributed by atoms with van der Waals surface area (Å²) < 4.78 is 14.0. The highest BCUT2D eigenvalue weighted by Gasteiger charge is 2.13. The lowest BCUT2D eigenvalue weighted by atomic mass is 10.1. The van der Waals surface area contributed by atoms with E-state index in [4.69, 9.17) is 6.42 Å². The van der Waals surface area contributed by atoms with Gasteiger partial charge in [-0.25, -0.2) is 4.39 Å². The normalized spacial score (nSPS) is 9.83. The molecule has 0 spiro atoms. The lowest BCUT2D eigenvalue weighted by Gasteiger charge is -2.08. The van der Waals surface area contributed by atoms with Crippen molar-refractivity contribution in [1.29, 1.82) is 0 Å². The van der Waals surface area contributed by atoms with E-state index in [0.717, 1.165) is 0 Å². The Hall–Kier alpha value is -3.40. The Labute approximate surface area is 137 Å². The number of anilines is 1. The number of benzene rings is 2. The van der Waals surface area contributed by atoms with E-state index in [1.807, 2.05) is 0 Å². The van der Waals surface area contributed by atoms with Gasteiger partial charge >= 0.3 is 0 Å². The van der Waals surface area contributed by atoms with Crippen LogP contribution in [0, 0.1) is 28.3 Å². The molecule has 0 saturated heterocycles. The van der Waals surface area contributed by atoms with Gasteiger partial charge in [0.15, 0.2) is 0 Å². The monoisotopic (exact) mass is 327 g/mol. The minimum Gasteiger partial charge on any atom is -0.374 e. The molecule has 7 heteroatoms. The summed E-state index contributed by atoms with van der Waals surface area (Å²) in [5.74, 6) is 1.07. The van der Waals surface area contributed by atoms with Gasteiger partial charge in [-0.2, -0.15) is 0 Å². The number of nitro benzene ring substituents is 1. The fraction of sp³-hybridized carbons (Fsp3) is 0.118. The molecule has 2 N–H and O–H groups in total. The Balaban J connectivity index is 2.03. The van der Waals surface area contributed by atoms with Crippen LogP contribution in [-0.4, -0.2) is 17.4 Å². The average Bonchev–Trinajstić information content (AvgIpc) is 2.58. The van der Waals surface area contributed by atoms with Crippen LogP contribution in [0.25, 0.3) is 0 Å². The number of hydrogen-bond acceptors (Lipinski definition) is 4. The number of rotatable bonds is 6. The molecule has 0 atom stereocenters. The van der Waals surface area contributed by atoms with Crippen molar-refractivity contribution in [3.8, 4) is 12.3 Å². The summed E-state index contributed by atoms with van der Waals surface area (Å²) in [7, 11) is 0. The summed E-state index contributed by atoms with van der Waals surface area (Å²) in [6, 6.07) is 9.93. The van der Waals surface area contributed by atoms with Crippen molar-refractivity contribution in [3.63, 3.8) is 0 Å². The number of terminal acetylenes is 1. The molecule has 122 valence electrons. The standard InChI is InChI=1S/C17H14FN3O3/c1-2-8-19-13-6-7-15(16(18)10-13)17(22)20-11-12-4-3-5-14(9-12)21(23)24/h1,3-7,9-10,19H,8,11H2,(H,20,22). The van der Waals surface area contributed by atoms with Crippen molar-refractivity contribution < 1.29 is 14.1 Å². The van der Waals surface area contributed by atoms with E-state index in [2.05, 4.69) is 16.6 Å². The van der Waals surface area contributed by atoms with Crippen LogP contribution in [0.3, 0.4) is 0 Å². The first-order valence-electron chi connectivity index (χ1n) is 6.99. The lowest BCUT2D eigenvalue weighted by molar-refractivity contribution is -0.384. The molecule has 0 unspecified atom stereocenters. The van der Waals surface area contributed by atoms with Crippen molar-refractivity contribution in [2.45, 2.75) is 6.54 Å². The summed E-state index contributed by atoms with van der Waals surface area (Å²) in [4.78, 5) is 22.2. The van der Waals surface area contributed by atoms with Crippen molar-refractivity contribution in [3.05, 3.63) is 69.5 Å². The van der Waals surface area contributed by atoms with E-state index in [1.54, 1.807) is 12.1 Å². The van der Waals surface area contributed by atoms with Crippen LogP contribution < -0.4 is 10.6 Å². The van der Waals surface area contributed by atoms with Crippen LogP contribution in [0.15, 0.2) is 42.5 Å². The minimum absolute atomic E-state index is 0.0526. The van der Waals surface area contributed by atoms with Gasteiger partial charge in [0, 0.05) is 24.4 Å². The molecule has 0 bridgehead atoms. The van der Waals surface area contributed by atoms with E-state index < -0.39 is 16.6 Å². The molecule has 2 rings (SSSR count). The quantitative estimate of drug-likeness (QED) is 0.485. The third kappa shape index (κ3) is 4.30. The van der Waals surface area contributed by atoms with Gasteiger partial charge in [-0.15, -0.1) is 6.42 Å². The molecule has 2 aromatic carbocycles. The molecule has 0 aromatic heterocycles. The van der Waals surface area contributed by atoms with Gasteiger partial charge in [-0.05, 0) is 23.8 Å². The highest BCUT2D eigenvalue weighted by molar-refractivity contribution is 5.94. The molecule has 1 amide bonds. The van der Waals surface area contributed by atoms with Crippen molar-refractivity contribution in [2.24, 2.45) is 0 Å². The maximum Gasteiger partial charge on any atom is 0.269 e. The zero-order valence-corrected chi connectivity index (χ0v) is 12.6. The summed E-state index contributed by atoms with van der Waals surface area (Å²) in [5, 5.41) is 16.0. The van der Waals surface area contributed by atoms with Crippen LogP contribution in [0.2, 0.25) is 0 Å². The summed E-state index contributed by atoms with van der Waals surface area (Å²) in [5.41, 5.74) is 0.828. The third-order valence-corrected chi connectivity index (χ3v) is 3.18. The van der Waals surface area contributed by atoms with Gasteiger partial charge in [0.1, 0.15) is 5.82 Å². The molecule has 24 heavy (non-hydrogen) atoms. The number of carbonyl (C=O) groups is 1. The molecule has 0 aliphatic rings. The molecule has 0 heterocycles. The van der Waals surface area contributed by atoms with Gasteiger partial charge in [-0.1, -0.05) is 18.1 Å². The zero-order chi connectivity index (χ0) is 17.5. The molecule has 0 fully saturated rings. The zero-order valence-electron chi connectivity index (χ0n) is 12.6. The minimum atomic E-state index is -0.687. The number of hydrogen-bond donors (Lipinski definition) is 2. The summed E-state index contributed by atoms with van der Waals surface area (Å²) >= 11 is 0. The third-order valence-electron chi connectivity index (χ3n) is 3.18. The van der Waals surface area contributed by atoms with Crippen molar-refractivity contribution >= 4 is 17.3 Å². The van der Waals surface area contributed by atoms with E-state index in [-0.39, 0.29) is 24.3 Å². The maximum absolute atomic E-state index is 14.0. The van der Waals surface area contributed by atoms with Gasteiger partial charge in [0.2, 0.25) is 0 Å². The van der Waals surface area contributed by atoms with E-state index in [9.17, 15) is 19.3 Å². The second-order valence-electron chi connectivity index (χ2n) is 4.86. The SMILES string of the molecule is C#CCNc1ccc(C(=O)NCc2cccc([N+](=O)[O-])c2)c(F)c1. The van der Waals surface area contributed by atoms with Gasteiger partial charge in [-0.3, -0.25) is 14.9 Å². The van der Waals surface area contributed by atoms with E-state index >= 15 is 0 Å². The molecular weight excluding hydrogens is 313 g/mol. The second-order valence-corrected chi connectivity index (χ2v) is 4.86. The number of nitrogens with one attached hydrogen (secondary N) is 2. The topological polar surface area (TPSA) is 84.3 Å². The summed E-state index contributed by atoms with van der Waals surface area (Å²) in [6.45, 7) is 0.300. The average molecular weight is 327 g/mol. The Morgan fingerprint density at radius 3 is 2.75 bits per heavy atom. The smallest absolute Gasteiger partial charge is 0.269 e.